The Hall–Kier alpha value is -1.08. The van der Waals surface area contributed by atoms with Crippen LogP contribution in [-0.2, 0) is 29.7 Å². The van der Waals surface area contributed by atoms with Crippen molar-refractivity contribution in [2.24, 2.45) is 5.92 Å². The topological polar surface area (TPSA) is 83.5 Å². The number of aliphatic hydroxyl groups is 1. The Morgan fingerprint density at radius 3 is 2.06 bits per heavy atom. The van der Waals surface area contributed by atoms with Crippen molar-refractivity contribution >= 4 is 22.4 Å². The Balaban J connectivity index is 2.01. The first kappa shape index (κ1) is 43.1. The molecule has 0 aliphatic carbocycles. The summed E-state index contributed by atoms with van der Waals surface area (Å²) >= 11 is 0. The molecule has 0 radical (unpaired) electrons. The highest BCUT2D eigenvalue weighted by atomic mass is 28.4. The fourth-order valence-electron chi connectivity index (χ4n) is 7.22. The lowest BCUT2D eigenvalue weighted by Crippen LogP contribution is -2.52. The van der Waals surface area contributed by atoms with Crippen LogP contribution in [0.3, 0.4) is 0 Å². The molecule has 2 rings (SSSR count). The van der Waals surface area contributed by atoms with E-state index < -0.39 is 22.7 Å². The molecular formula is C39H72O7Si2. The van der Waals surface area contributed by atoms with Gasteiger partial charge in [-0.1, -0.05) is 81.4 Å². The molecule has 1 N–H and O–H groups in total. The van der Waals surface area contributed by atoms with Gasteiger partial charge >= 0.3 is 0 Å². The van der Waals surface area contributed by atoms with Crippen LogP contribution in [0.5, 0.6) is 5.75 Å². The van der Waals surface area contributed by atoms with E-state index in [-0.39, 0.29) is 41.5 Å². The zero-order valence-corrected chi connectivity index (χ0v) is 34.9. The van der Waals surface area contributed by atoms with E-state index in [9.17, 15) is 9.90 Å². The number of ether oxygens (including phenoxy) is 3. The third-order valence-corrected chi connectivity index (χ3v) is 21.8. The lowest BCUT2D eigenvalue weighted by molar-refractivity contribution is -0.133. The summed E-state index contributed by atoms with van der Waals surface area (Å²) < 4.78 is 31.5. The molecule has 1 fully saturated rings. The first-order valence-electron chi connectivity index (χ1n) is 18.7. The quantitative estimate of drug-likeness (QED) is 0.101. The number of carbonyl (C=O) groups excluding carboxylic acids is 1. The number of rotatable bonds is 21. The molecule has 0 unspecified atom stereocenters. The minimum atomic E-state index is -2.11. The molecule has 48 heavy (non-hydrogen) atoms. The van der Waals surface area contributed by atoms with E-state index >= 15 is 0 Å². The molecule has 1 heterocycles. The van der Waals surface area contributed by atoms with Crippen molar-refractivity contribution in [2.75, 3.05) is 20.3 Å². The van der Waals surface area contributed by atoms with Gasteiger partial charge in [0, 0.05) is 26.1 Å². The Morgan fingerprint density at radius 2 is 1.52 bits per heavy atom. The predicted molar refractivity (Wildman–Crippen MR) is 203 cm³/mol. The lowest BCUT2D eigenvalue weighted by atomic mass is 9.92. The number of hydrogen-bond acceptors (Lipinski definition) is 7. The summed E-state index contributed by atoms with van der Waals surface area (Å²) in [6, 6.07) is 7.94. The molecule has 0 bridgehead atoms. The van der Waals surface area contributed by atoms with Crippen molar-refractivity contribution in [3.8, 4) is 5.75 Å². The summed E-state index contributed by atoms with van der Waals surface area (Å²) in [6.45, 7) is 29.0. The molecular weight excluding hydrogens is 637 g/mol. The van der Waals surface area contributed by atoms with Gasteiger partial charge in [-0.2, -0.15) is 0 Å². The van der Waals surface area contributed by atoms with E-state index in [1.54, 1.807) is 7.11 Å². The lowest BCUT2D eigenvalue weighted by Gasteiger charge is -2.47. The van der Waals surface area contributed by atoms with Gasteiger partial charge in [0.1, 0.15) is 11.5 Å². The second-order valence-corrected chi connectivity index (χ2v) is 27.1. The fourth-order valence-corrected chi connectivity index (χ4v) is 13.9. The highest BCUT2D eigenvalue weighted by molar-refractivity contribution is 6.77. The SMILES string of the molecule is COc1ccc(COCC[C@H]2C[C@@H](O[Si](C(C)C)(C(C)C)C(C)C)C[C@@H](CC(=O)C[C@@H](O)[C@@H](C)CCCO[Si](C)(C)C(C)(C)C)O2)cc1. The van der Waals surface area contributed by atoms with Crippen LogP contribution in [0, 0.1) is 5.92 Å². The molecule has 0 spiro atoms. The molecule has 9 heteroatoms. The summed E-state index contributed by atoms with van der Waals surface area (Å²) in [4.78, 5) is 13.4. The number of hydrogen-bond donors (Lipinski definition) is 1. The minimum Gasteiger partial charge on any atom is -0.497 e. The molecule has 1 saturated heterocycles. The van der Waals surface area contributed by atoms with Gasteiger partial charge in [-0.25, -0.2) is 0 Å². The third kappa shape index (κ3) is 12.9. The van der Waals surface area contributed by atoms with Crippen LogP contribution in [0.25, 0.3) is 0 Å². The van der Waals surface area contributed by atoms with Crippen molar-refractivity contribution in [3.05, 3.63) is 29.8 Å². The van der Waals surface area contributed by atoms with Crippen LogP contribution in [0.2, 0.25) is 34.8 Å². The van der Waals surface area contributed by atoms with Crippen molar-refractivity contribution in [2.45, 2.75) is 180 Å². The van der Waals surface area contributed by atoms with Gasteiger partial charge < -0.3 is 28.2 Å². The van der Waals surface area contributed by atoms with E-state index in [2.05, 4.69) is 75.4 Å². The summed E-state index contributed by atoms with van der Waals surface area (Å²) in [6.07, 6.45) is 3.59. The maximum Gasteiger partial charge on any atom is 0.200 e. The summed E-state index contributed by atoms with van der Waals surface area (Å²) in [5, 5.41) is 11.2. The van der Waals surface area contributed by atoms with Gasteiger partial charge in [0.05, 0.1) is 38.1 Å². The van der Waals surface area contributed by atoms with Gasteiger partial charge in [0.25, 0.3) is 0 Å². The molecule has 5 atom stereocenters. The molecule has 0 saturated carbocycles. The van der Waals surface area contributed by atoms with Gasteiger partial charge in [-0.3, -0.25) is 4.79 Å². The zero-order chi connectivity index (χ0) is 36.3. The average molecular weight is 709 g/mol. The Bertz CT molecular complexity index is 1050. The monoisotopic (exact) mass is 708 g/mol. The second kappa shape index (κ2) is 19.5. The van der Waals surface area contributed by atoms with E-state index in [4.69, 9.17) is 23.1 Å². The highest BCUT2D eigenvalue weighted by Gasteiger charge is 2.48. The number of carbonyl (C=O) groups is 1. The van der Waals surface area contributed by atoms with Crippen LogP contribution in [-0.4, -0.2) is 72.3 Å². The normalized spacial score (nSPS) is 20.8. The highest BCUT2D eigenvalue weighted by Crippen LogP contribution is 2.45. The summed E-state index contributed by atoms with van der Waals surface area (Å²) in [5.41, 5.74) is 2.55. The first-order valence-corrected chi connectivity index (χ1v) is 23.7. The molecule has 0 amide bonds. The van der Waals surface area contributed by atoms with Crippen LogP contribution in [0.1, 0.15) is 120 Å². The summed E-state index contributed by atoms with van der Waals surface area (Å²) in [5.74, 6) is 0.927. The third-order valence-electron chi connectivity index (χ3n) is 11.1. The van der Waals surface area contributed by atoms with Crippen molar-refractivity contribution in [1.29, 1.82) is 0 Å². The molecule has 7 nitrogen and oxygen atoms in total. The number of benzene rings is 1. The number of methoxy groups -OCH3 is 1. The predicted octanol–water partition coefficient (Wildman–Crippen LogP) is 9.86. The van der Waals surface area contributed by atoms with E-state index in [1.165, 1.54) is 0 Å². The summed E-state index contributed by atoms with van der Waals surface area (Å²) in [7, 11) is -2.23. The van der Waals surface area contributed by atoms with Crippen molar-refractivity contribution < 1.29 is 33.0 Å². The van der Waals surface area contributed by atoms with Crippen molar-refractivity contribution in [3.63, 3.8) is 0 Å². The van der Waals surface area contributed by atoms with Crippen LogP contribution in [0.15, 0.2) is 24.3 Å². The maximum atomic E-state index is 13.4. The Labute approximate surface area is 296 Å². The number of aliphatic hydroxyl groups excluding tert-OH is 1. The molecule has 278 valence electrons. The Morgan fingerprint density at radius 1 is 0.938 bits per heavy atom. The van der Waals surface area contributed by atoms with Crippen LogP contribution in [0.4, 0.5) is 0 Å². The average Bonchev–Trinajstić information content (AvgIpc) is 2.99. The molecule has 1 aromatic carbocycles. The first-order chi connectivity index (χ1) is 22.3. The van der Waals surface area contributed by atoms with Gasteiger partial charge in [-0.05, 0) is 90.5 Å². The van der Waals surface area contributed by atoms with Gasteiger partial charge in [-0.15, -0.1) is 0 Å². The standard InChI is InChI=1S/C39H72O7Si2/c1-28(2)48(29(3)4,30(5)6)46-37-25-35(20-22-43-27-32-16-18-34(42-11)19-17-32)45-36(26-37)23-33(40)24-38(41)31(7)15-14-21-44-47(12,13)39(8,9)10/h16-19,28-31,35-38,41H,14-15,20-27H2,1-13H3/t31-,35-,36+,37+,38+/m0/s1. The maximum absolute atomic E-state index is 13.4. The second-order valence-electron chi connectivity index (χ2n) is 16.8. The largest absolute Gasteiger partial charge is 0.497 e. The molecule has 1 aliphatic heterocycles. The van der Waals surface area contributed by atoms with E-state index in [1.807, 2.05) is 31.2 Å². The smallest absolute Gasteiger partial charge is 0.200 e. The minimum absolute atomic E-state index is 0.0330. The van der Waals surface area contributed by atoms with E-state index in [0.717, 1.165) is 37.0 Å². The zero-order valence-electron chi connectivity index (χ0n) is 32.9. The number of ketones is 1. The Kier molecular flexibility index (Phi) is 17.5. The van der Waals surface area contributed by atoms with E-state index in [0.29, 0.717) is 49.3 Å². The number of Topliss-reactive ketones (excluding diaryl/α,β-unsaturated/α-hetero) is 1. The van der Waals surface area contributed by atoms with Crippen LogP contribution >= 0.6 is 0 Å². The fraction of sp³-hybridized carbons (Fsp3) is 0.821. The van der Waals surface area contributed by atoms with Crippen LogP contribution < -0.4 is 4.74 Å². The van der Waals surface area contributed by atoms with Crippen molar-refractivity contribution in [1.82, 2.24) is 0 Å². The van der Waals surface area contributed by atoms with Gasteiger partial charge in [0.2, 0.25) is 8.32 Å². The molecule has 0 aromatic heterocycles. The molecule has 1 aromatic rings. The molecule has 1 aliphatic rings. The van der Waals surface area contributed by atoms with Gasteiger partial charge in [0.15, 0.2) is 8.32 Å².